The van der Waals surface area contributed by atoms with Crippen molar-refractivity contribution >= 4 is 17.1 Å². The molecule has 2 N–H and O–H groups in total. The van der Waals surface area contributed by atoms with Crippen molar-refractivity contribution in [2.24, 2.45) is 11.8 Å². The largest absolute Gasteiger partial charge is 0.382 e. The Morgan fingerprint density at radius 1 is 1.25 bits per heavy atom. The maximum atomic E-state index is 11.3. The van der Waals surface area contributed by atoms with Gasteiger partial charge in [0, 0.05) is 13.1 Å². The molecule has 0 aromatic heterocycles. The van der Waals surface area contributed by atoms with Gasteiger partial charge in [0.05, 0.1) is 4.92 Å². The highest BCUT2D eigenvalue weighted by atomic mass is 16.6. The van der Waals surface area contributed by atoms with Crippen LogP contribution < -0.4 is 10.6 Å². The van der Waals surface area contributed by atoms with Gasteiger partial charge in [0.1, 0.15) is 11.4 Å². The van der Waals surface area contributed by atoms with E-state index in [1.807, 2.05) is 6.07 Å². The molecule has 1 aliphatic rings. The van der Waals surface area contributed by atoms with E-state index >= 15 is 0 Å². The molecule has 0 spiro atoms. The minimum absolute atomic E-state index is 0.139. The van der Waals surface area contributed by atoms with Crippen LogP contribution in [0.25, 0.3) is 0 Å². The molecule has 3 unspecified atom stereocenters. The number of anilines is 2. The standard InChI is InChI=1S/C15H23N3O2/c1-10-6-4-7-12(11(10)2)17-14-9-5-8-13(16-3)15(14)18(19)20/h5,8-12,16-17H,4,6-7H2,1-3H3. The van der Waals surface area contributed by atoms with Crippen LogP contribution in [-0.2, 0) is 0 Å². The lowest BCUT2D eigenvalue weighted by Crippen LogP contribution is -2.35. The zero-order valence-electron chi connectivity index (χ0n) is 12.3. The average Bonchev–Trinajstić information content (AvgIpc) is 2.43. The summed E-state index contributed by atoms with van der Waals surface area (Å²) in [6, 6.07) is 5.68. The Morgan fingerprint density at radius 2 is 1.95 bits per heavy atom. The second-order valence-corrected chi connectivity index (χ2v) is 5.73. The predicted octanol–water partition coefficient (Wildman–Crippen LogP) is 3.87. The lowest BCUT2D eigenvalue weighted by molar-refractivity contribution is -0.383. The number of para-hydroxylation sites is 1. The van der Waals surface area contributed by atoms with Gasteiger partial charge in [-0.2, -0.15) is 0 Å². The lowest BCUT2D eigenvalue weighted by atomic mass is 9.78. The van der Waals surface area contributed by atoms with E-state index in [1.54, 1.807) is 19.2 Å². The number of nitrogens with one attached hydrogen (secondary N) is 2. The molecular formula is C15H23N3O2. The molecule has 20 heavy (non-hydrogen) atoms. The molecule has 0 heterocycles. The molecule has 0 amide bonds. The third-order valence-corrected chi connectivity index (χ3v) is 4.54. The Hall–Kier alpha value is -1.78. The van der Waals surface area contributed by atoms with Crippen LogP contribution in [0.3, 0.4) is 0 Å². The summed E-state index contributed by atoms with van der Waals surface area (Å²) in [6.07, 6.45) is 3.51. The lowest BCUT2D eigenvalue weighted by Gasteiger charge is -2.35. The van der Waals surface area contributed by atoms with Gasteiger partial charge in [-0.25, -0.2) is 0 Å². The first-order valence-electron chi connectivity index (χ1n) is 7.26. The Bertz CT molecular complexity index is 490. The van der Waals surface area contributed by atoms with E-state index in [0.29, 0.717) is 29.3 Å². The van der Waals surface area contributed by atoms with Crippen LogP contribution in [0.5, 0.6) is 0 Å². The van der Waals surface area contributed by atoms with Crippen LogP contribution in [0.1, 0.15) is 33.1 Å². The van der Waals surface area contributed by atoms with Crippen LogP contribution in [-0.4, -0.2) is 18.0 Å². The zero-order valence-corrected chi connectivity index (χ0v) is 12.3. The monoisotopic (exact) mass is 277 g/mol. The molecule has 0 bridgehead atoms. The van der Waals surface area contributed by atoms with Gasteiger partial charge >= 0.3 is 5.69 Å². The van der Waals surface area contributed by atoms with Crippen molar-refractivity contribution in [1.29, 1.82) is 0 Å². The van der Waals surface area contributed by atoms with Crippen molar-refractivity contribution < 1.29 is 4.92 Å². The number of benzene rings is 1. The number of nitro benzene ring substituents is 1. The van der Waals surface area contributed by atoms with Gasteiger partial charge in [-0.3, -0.25) is 10.1 Å². The molecule has 0 saturated heterocycles. The van der Waals surface area contributed by atoms with E-state index in [4.69, 9.17) is 0 Å². The minimum atomic E-state index is -0.314. The van der Waals surface area contributed by atoms with E-state index in [2.05, 4.69) is 24.5 Å². The molecule has 1 aliphatic carbocycles. The third kappa shape index (κ3) is 2.86. The van der Waals surface area contributed by atoms with Crippen LogP contribution in [0.15, 0.2) is 18.2 Å². The average molecular weight is 277 g/mol. The molecule has 3 atom stereocenters. The number of hydrogen-bond donors (Lipinski definition) is 2. The maximum absolute atomic E-state index is 11.3. The van der Waals surface area contributed by atoms with Gasteiger partial charge < -0.3 is 10.6 Å². The molecule has 1 aromatic rings. The Balaban J connectivity index is 2.27. The highest BCUT2D eigenvalue weighted by molar-refractivity contribution is 5.76. The van der Waals surface area contributed by atoms with Gasteiger partial charge in [0.25, 0.3) is 0 Å². The van der Waals surface area contributed by atoms with E-state index in [9.17, 15) is 10.1 Å². The van der Waals surface area contributed by atoms with E-state index in [1.165, 1.54) is 12.8 Å². The second kappa shape index (κ2) is 6.11. The molecule has 110 valence electrons. The van der Waals surface area contributed by atoms with Crippen molar-refractivity contribution in [3.8, 4) is 0 Å². The molecule has 5 nitrogen and oxygen atoms in total. The van der Waals surface area contributed by atoms with Crippen LogP contribution >= 0.6 is 0 Å². The Kier molecular flexibility index (Phi) is 4.47. The second-order valence-electron chi connectivity index (χ2n) is 5.73. The van der Waals surface area contributed by atoms with Gasteiger partial charge in [-0.1, -0.05) is 32.8 Å². The summed E-state index contributed by atoms with van der Waals surface area (Å²) in [7, 11) is 1.71. The summed E-state index contributed by atoms with van der Waals surface area (Å²) in [5, 5.41) is 17.6. The number of nitrogens with zero attached hydrogens (tertiary/aromatic N) is 1. The smallest absolute Gasteiger partial charge is 0.315 e. The van der Waals surface area contributed by atoms with Crippen LogP contribution in [0.4, 0.5) is 17.1 Å². The third-order valence-electron chi connectivity index (χ3n) is 4.54. The SMILES string of the molecule is CNc1cccc(NC2CCCC(C)C2C)c1[N+](=O)[O-]. The van der Waals surface area contributed by atoms with Crippen LogP contribution in [0.2, 0.25) is 0 Å². The fourth-order valence-electron chi connectivity index (χ4n) is 3.04. The number of hydrogen-bond acceptors (Lipinski definition) is 4. The van der Waals surface area contributed by atoms with E-state index in [0.717, 1.165) is 6.42 Å². The van der Waals surface area contributed by atoms with Gasteiger partial charge in [-0.05, 0) is 30.4 Å². The summed E-state index contributed by atoms with van der Waals surface area (Å²) < 4.78 is 0. The topological polar surface area (TPSA) is 67.2 Å². The fraction of sp³-hybridized carbons (Fsp3) is 0.600. The summed E-state index contributed by atoms with van der Waals surface area (Å²) in [5.74, 6) is 1.19. The number of rotatable bonds is 4. The highest BCUT2D eigenvalue weighted by Gasteiger charge is 2.29. The van der Waals surface area contributed by atoms with Gasteiger partial charge in [0.15, 0.2) is 0 Å². The summed E-state index contributed by atoms with van der Waals surface area (Å²) in [5.41, 5.74) is 1.31. The molecule has 1 fully saturated rings. The van der Waals surface area contributed by atoms with Crippen molar-refractivity contribution in [3.63, 3.8) is 0 Å². The first-order chi connectivity index (χ1) is 9.54. The number of nitro groups is 1. The fourth-order valence-corrected chi connectivity index (χ4v) is 3.04. The van der Waals surface area contributed by atoms with E-state index < -0.39 is 0 Å². The Morgan fingerprint density at radius 3 is 2.60 bits per heavy atom. The molecule has 0 aliphatic heterocycles. The van der Waals surface area contributed by atoms with E-state index in [-0.39, 0.29) is 10.6 Å². The van der Waals surface area contributed by atoms with Crippen molar-refractivity contribution in [2.75, 3.05) is 17.7 Å². The molecule has 2 rings (SSSR count). The molecule has 1 aromatic carbocycles. The molecule has 5 heteroatoms. The quantitative estimate of drug-likeness (QED) is 0.647. The minimum Gasteiger partial charge on any atom is -0.382 e. The predicted molar refractivity (Wildman–Crippen MR) is 82.2 cm³/mol. The summed E-state index contributed by atoms with van der Waals surface area (Å²) >= 11 is 0. The highest BCUT2D eigenvalue weighted by Crippen LogP contribution is 2.37. The first kappa shape index (κ1) is 14.6. The summed E-state index contributed by atoms with van der Waals surface area (Å²) in [4.78, 5) is 11.0. The van der Waals surface area contributed by atoms with Crippen molar-refractivity contribution in [1.82, 2.24) is 0 Å². The summed E-state index contributed by atoms with van der Waals surface area (Å²) in [6.45, 7) is 4.49. The molecule has 0 radical (unpaired) electrons. The van der Waals surface area contributed by atoms with Crippen molar-refractivity contribution in [3.05, 3.63) is 28.3 Å². The zero-order chi connectivity index (χ0) is 14.7. The normalized spacial score (nSPS) is 26.1. The molecule has 1 saturated carbocycles. The maximum Gasteiger partial charge on any atom is 0.315 e. The molecular weight excluding hydrogens is 254 g/mol. The van der Waals surface area contributed by atoms with Crippen molar-refractivity contribution in [2.45, 2.75) is 39.2 Å². The Labute approximate surface area is 119 Å². The first-order valence-corrected chi connectivity index (χ1v) is 7.26. The van der Waals surface area contributed by atoms with Crippen LogP contribution in [0, 0.1) is 22.0 Å². The van der Waals surface area contributed by atoms with Gasteiger partial charge in [0.2, 0.25) is 0 Å². The van der Waals surface area contributed by atoms with Gasteiger partial charge in [-0.15, -0.1) is 0 Å².